The first-order chi connectivity index (χ1) is 13.3. The lowest BCUT2D eigenvalue weighted by molar-refractivity contribution is -0.117. The summed E-state index contributed by atoms with van der Waals surface area (Å²) in [5, 5.41) is 2.94. The van der Waals surface area contributed by atoms with Gasteiger partial charge in [-0.05, 0) is 80.6 Å². The van der Waals surface area contributed by atoms with Gasteiger partial charge in [-0.3, -0.25) is 4.79 Å². The van der Waals surface area contributed by atoms with Gasteiger partial charge in [0.05, 0.1) is 11.0 Å². The molecular weight excluding hydrogens is 346 g/mol. The molecule has 4 heteroatoms. The summed E-state index contributed by atoms with van der Waals surface area (Å²) >= 11 is 0. The van der Waals surface area contributed by atoms with Crippen LogP contribution in [0.3, 0.4) is 0 Å². The smallest absolute Gasteiger partial charge is 0.247 e. The van der Waals surface area contributed by atoms with Crippen LogP contribution in [0.2, 0.25) is 0 Å². The Morgan fingerprint density at radius 3 is 2.61 bits per heavy atom. The van der Waals surface area contributed by atoms with Gasteiger partial charge in [-0.1, -0.05) is 25.1 Å². The summed E-state index contributed by atoms with van der Waals surface area (Å²) in [7, 11) is 0. The van der Waals surface area contributed by atoms with E-state index in [1.165, 1.54) is 11.1 Å². The van der Waals surface area contributed by atoms with Crippen molar-refractivity contribution in [3.63, 3.8) is 0 Å². The highest BCUT2D eigenvalue weighted by Crippen LogP contribution is 2.29. The van der Waals surface area contributed by atoms with Crippen LogP contribution < -0.4 is 5.32 Å². The minimum absolute atomic E-state index is 0.0214. The highest BCUT2D eigenvalue weighted by Gasteiger charge is 2.10. The number of hydrogen-bond acceptors (Lipinski definition) is 2. The molecule has 0 unspecified atom stereocenters. The fourth-order valence-electron chi connectivity index (χ4n) is 3.37. The fourth-order valence-corrected chi connectivity index (χ4v) is 3.37. The largest absolute Gasteiger partial charge is 0.350 e. The second kappa shape index (κ2) is 8.01. The molecule has 4 nitrogen and oxygen atoms in total. The molecule has 0 saturated heterocycles. The highest BCUT2D eigenvalue weighted by molar-refractivity contribution is 5.97. The monoisotopic (exact) mass is 375 g/mol. The zero-order valence-corrected chi connectivity index (χ0v) is 17.6. The number of fused-ring (bicyclic) bond motifs is 1. The average molecular weight is 376 g/mol. The molecule has 3 rings (SSSR count). The molecule has 0 spiro atoms. The number of carbonyl (C=O) groups is 1. The Labute approximate surface area is 167 Å². The summed E-state index contributed by atoms with van der Waals surface area (Å²) in [4.78, 5) is 20.2. The summed E-state index contributed by atoms with van der Waals surface area (Å²) in [6.07, 6.45) is 2.86. The number of hydrogen-bond donors (Lipinski definition) is 2. The first kappa shape index (κ1) is 19.9. The van der Waals surface area contributed by atoms with E-state index in [9.17, 15) is 4.79 Å². The molecule has 2 aromatic carbocycles. The number of carbonyl (C=O) groups excluding carboxylic acids is 1. The number of amides is 1. The van der Waals surface area contributed by atoms with Crippen molar-refractivity contribution >= 4 is 23.0 Å². The van der Waals surface area contributed by atoms with Crippen LogP contribution in [-0.4, -0.2) is 21.9 Å². The number of imidazole rings is 1. The summed E-state index contributed by atoms with van der Waals surface area (Å²) in [5.74, 6) is 0.988. The lowest BCUT2D eigenvalue weighted by Crippen LogP contribution is -2.30. The van der Waals surface area contributed by atoms with Gasteiger partial charge in [0, 0.05) is 18.0 Å². The fraction of sp³-hybridized carbons (Fsp3) is 0.333. The first-order valence-corrected chi connectivity index (χ1v) is 9.88. The van der Waals surface area contributed by atoms with Crippen molar-refractivity contribution in [1.29, 1.82) is 0 Å². The minimum atomic E-state index is -0.0214. The van der Waals surface area contributed by atoms with Gasteiger partial charge >= 0.3 is 0 Å². The van der Waals surface area contributed by atoms with E-state index in [-0.39, 0.29) is 11.9 Å². The van der Waals surface area contributed by atoms with Gasteiger partial charge in [-0.2, -0.15) is 0 Å². The number of rotatable bonds is 5. The molecule has 146 valence electrons. The third-order valence-corrected chi connectivity index (χ3v) is 4.94. The maximum absolute atomic E-state index is 12.2. The van der Waals surface area contributed by atoms with Crippen LogP contribution in [0.25, 0.3) is 28.2 Å². The van der Waals surface area contributed by atoms with Crippen molar-refractivity contribution in [1.82, 2.24) is 15.3 Å². The third kappa shape index (κ3) is 4.16. The van der Waals surface area contributed by atoms with Crippen molar-refractivity contribution in [2.45, 2.75) is 54.0 Å². The predicted octanol–water partition coefficient (Wildman–Crippen LogP) is 5.34. The quantitative estimate of drug-likeness (QED) is 0.592. The number of aromatic amines is 1. The summed E-state index contributed by atoms with van der Waals surface area (Å²) in [6, 6.07) is 10.9. The molecule has 2 N–H and O–H groups in total. The lowest BCUT2D eigenvalue weighted by Gasteiger charge is -2.12. The molecule has 0 saturated carbocycles. The van der Waals surface area contributed by atoms with Crippen molar-refractivity contribution in [2.75, 3.05) is 0 Å². The number of aromatic nitrogens is 2. The molecule has 0 atom stereocenters. The van der Waals surface area contributed by atoms with E-state index in [1.54, 1.807) is 0 Å². The summed E-state index contributed by atoms with van der Waals surface area (Å²) in [6.45, 7) is 12.1. The number of nitrogens with zero attached hydrogens (tertiary/aromatic N) is 1. The van der Waals surface area contributed by atoms with E-state index in [2.05, 4.69) is 66.4 Å². The van der Waals surface area contributed by atoms with Crippen LogP contribution in [0.15, 0.2) is 35.9 Å². The van der Waals surface area contributed by atoms with E-state index in [0.29, 0.717) is 5.57 Å². The van der Waals surface area contributed by atoms with Crippen molar-refractivity contribution < 1.29 is 4.79 Å². The zero-order valence-electron chi connectivity index (χ0n) is 17.6. The zero-order chi connectivity index (χ0) is 20.4. The second-order valence-electron chi connectivity index (χ2n) is 7.75. The SMILES string of the molecule is CCc1nc2cc(-c3cc(C)c(/C=C(\C)C(=O)NC(C)C)cc3C)ccc2[nH]1. The molecular formula is C24H29N3O. The Morgan fingerprint density at radius 1 is 1.18 bits per heavy atom. The van der Waals surface area contributed by atoms with Crippen molar-refractivity contribution in [3.8, 4) is 11.1 Å². The maximum Gasteiger partial charge on any atom is 0.247 e. The van der Waals surface area contributed by atoms with Gasteiger partial charge in [0.2, 0.25) is 5.91 Å². The number of benzene rings is 2. The molecule has 1 aromatic heterocycles. The van der Waals surface area contributed by atoms with Crippen LogP contribution in [0, 0.1) is 13.8 Å². The van der Waals surface area contributed by atoms with E-state index in [4.69, 9.17) is 0 Å². The topological polar surface area (TPSA) is 57.8 Å². The standard InChI is InChI=1S/C24H29N3O/c1-7-23-26-21-9-8-18(13-22(21)27-23)20-12-15(4)19(10-16(20)5)11-17(6)24(28)25-14(2)3/h8-14H,7H2,1-6H3,(H,25,28)(H,26,27)/b17-11+. The van der Waals surface area contributed by atoms with Crippen LogP contribution in [0.4, 0.5) is 0 Å². The van der Waals surface area contributed by atoms with Crippen molar-refractivity contribution in [2.24, 2.45) is 0 Å². The molecule has 0 aliphatic carbocycles. The molecule has 28 heavy (non-hydrogen) atoms. The van der Waals surface area contributed by atoms with Gasteiger partial charge in [0.25, 0.3) is 0 Å². The van der Waals surface area contributed by atoms with E-state index in [1.807, 2.05) is 26.8 Å². The molecule has 1 amide bonds. The third-order valence-electron chi connectivity index (χ3n) is 4.94. The van der Waals surface area contributed by atoms with Crippen LogP contribution in [0.1, 0.15) is 50.2 Å². The average Bonchev–Trinajstić information content (AvgIpc) is 3.06. The Morgan fingerprint density at radius 2 is 1.93 bits per heavy atom. The van der Waals surface area contributed by atoms with Gasteiger partial charge in [-0.15, -0.1) is 0 Å². The molecule has 3 aromatic rings. The first-order valence-electron chi connectivity index (χ1n) is 9.88. The van der Waals surface area contributed by atoms with Crippen molar-refractivity contribution in [3.05, 3.63) is 58.4 Å². The molecule has 0 aliphatic rings. The molecule has 0 radical (unpaired) electrons. The van der Waals surface area contributed by atoms with E-state index >= 15 is 0 Å². The van der Waals surface area contributed by atoms with E-state index < -0.39 is 0 Å². The van der Waals surface area contributed by atoms with E-state index in [0.717, 1.165) is 40.0 Å². The Hall–Kier alpha value is -2.88. The maximum atomic E-state index is 12.2. The summed E-state index contributed by atoms with van der Waals surface area (Å²) < 4.78 is 0. The lowest BCUT2D eigenvalue weighted by atomic mass is 9.94. The van der Waals surface area contributed by atoms with Crippen LogP contribution in [-0.2, 0) is 11.2 Å². The number of H-pyrrole nitrogens is 1. The molecule has 0 bridgehead atoms. The van der Waals surface area contributed by atoms with Gasteiger partial charge in [0.1, 0.15) is 5.82 Å². The Kier molecular flexibility index (Phi) is 5.68. The van der Waals surface area contributed by atoms with Gasteiger partial charge < -0.3 is 10.3 Å². The number of aryl methyl sites for hydroxylation is 3. The van der Waals surface area contributed by atoms with Gasteiger partial charge in [-0.25, -0.2) is 4.98 Å². The molecule has 1 heterocycles. The normalized spacial score (nSPS) is 12.0. The Balaban J connectivity index is 1.97. The molecule has 0 aliphatic heterocycles. The van der Waals surface area contributed by atoms with Crippen LogP contribution in [0.5, 0.6) is 0 Å². The second-order valence-corrected chi connectivity index (χ2v) is 7.75. The minimum Gasteiger partial charge on any atom is -0.350 e. The Bertz CT molecular complexity index is 1060. The summed E-state index contributed by atoms with van der Waals surface area (Å²) in [5.41, 5.74) is 8.54. The van der Waals surface area contributed by atoms with Crippen LogP contribution >= 0.6 is 0 Å². The predicted molar refractivity (Wildman–Crippen MR) is 117 cm³/mol. The highest BCUT2D eigenvalue weighted by atomic mass is 16.1. The number of nitrogens with one attached hydrogen (secondary N) is 2. The van der Waals surface area contributed by atoms with Gasteiger partial charge in [0.15, 0.2) is 0 Å². The molecule has 0 fully saturated rings.